The van der Waals surface area contributed by atoms with E-state index in [1.165, 1.54) is 31.0 Å². The number of nitrogens with zero attached hydrogens (tertiary/aromatic N) is 1. The lowest BCUT2D eigenvalue weighted by atomic mass is 9.89. The Hall–Kier alpha value is -1.14. The van der Waals surface area contributed by atoms with Crippen molar-refractivity contribution >= 4 is 39.1 Å². The topological polar surface area (TPSA) is 72.2 Å². The number of hydrogen-bond donors (Lipinski definition) is 1. The van der Waals surface area contributed by atoms with Crippen LogP contribution in [0.5, 0.6) is 0 Å². The summed E-state index contributed by atoms with van der Waals surface area (Å²) in [5, 5.41) is 13.8. The van der Waals surface area contributed by atoms with Crippen molar-refractivity contribution in [3.63, 3.8) is 0 Å². The molecule has 0 spiro atoms. The molecule has 1 fully saturated rings. The molecule has 1 saturated carbocycles. The van der Waals surface area contributed by atoms with Crippen LogP contribution in [0.15, 0.2) is 18.2 Å². The van der Waals surface area contributed by atoms with Gasteiger partial charge >= 0.3 is 0 Å². The zero-order valence-electron chi connectivity index (χ0n) is 11.4. The number of nitrogens with one attached hydrogen (secondary N) is 1. The van der Waals surface area contributed by atoms with Gasteiger partial charge in [0.2, 0.25) is 0 Å². The van der Waals surface area contributed by atoms with E-state index >= 15 is 0 Å². The van der Waals surface area contributed by atoms with Crippen LogP contribution in [0.1, 0.15) is 36.0 Å². The Labute approximate surface area is 136 Å². The van der Waals surface area contributed by atoms with Crippen molar-refractivity contribution in [1.82, 2.24) is 5.32 Å². The predicted molar refractivity (Wildman–Crippen MR) is 85.1 cm³/mol. The lowest BCUT2D eigenvalue weighted by molar-refractivity contribution is -0.384. The normalized spacial score (nSPS) is 21.8. The molecule has 5 nitrogen and oxygen atoms in total. The van der Waals surface area contributed by atoms with Gasteiger partial charge in [-0.15, -0.1) is 0 Å². The fourth-order valence-electron chi connectivity index (χ4n) is 2.53. The highest BCUT2D eigenvalue weighted by Crippen LogP contribution is 2.29. The number of rotatable bonds is 4. The van der Waals surface area contributed by atoms with Crippen molar-refractivity contribution in [2.24, 2.45) is 5.92 Å². The van der Waals surface area contributed by atoms with Crippen LogP contribution in [0.4, 0.5) is 5.69 Å². The number of benzene rings is 1. The number of nitro groups is 1. The molecule has 1 aromatic rings. The van der Waals surface area contributed by atoms with Crippen LogP contribution >= 0.6 is 27.5 Å². The third-order valence-corrected chi connectivity index (χ3v) is 5.12. The number of alkyl halides is 1. The molecule has 0 radical (unpaired) electrons. The van der Waals surface area contributed by atoms with Gasteiger partial charge in [0.15, 0.2) is 0 Å². The molecular weight excluding hydrogens is 360 g/mol. The quantitative estimate of drug-likeness (QED) is 0.492. The van der Waals surface area contributed by atoms with Crippen molar-refractivity contribution in [3.05, 3.63) is 38.9 Å². The number of halogens is 2. The van der Waals surface area contributed by atoms with Crippen molar-refractivity contribution in [2.75, 3.05) is 6.54 Å². The van der Waals surface area contributed by atoms with Gasteiger partial charge in [0.05, 0.1) is 4.92 Å². The fourth-order valence-corrected chi connectivity index (χ4v) is 3.53. The van der Waals surface area contributed by atoms with Gasteiger partial charge in [-0.3, -0.25) is 14.9 Å². The first kappa shape index (κ1) is 16.2. The van der Waals surface area contributed by atoms with Gasteiger partial charge in [-0.05, 0) is 24.8 Å². The van der Waals surface area contributed by atoms with E-state index in [2.05, 4.69) is 21.2 Å². The second-order valence-corrected chi connectivity index (χ2v) is 6.84. The number of non-ortho nitro benzene ring substituents is 1. The molecule has 0 aliphatic heterocycles. The Balaban J connectivity index is 2.01. The third-order valence-electron chi connectivity index (χ3n) is 3.70. The minimum absolute atomic E-state index is 0.177. The van der Waals surface area contributed by atoms with E-state index in [0.717, 1.165) is 12.8 Å². The molecule has 1 N–H and O–H groups in total. The van der Waals surface area contributed by atoms with Crippen molar-refractivity contribution in [2.45, 2.75) is 30.5 Å². The molecule has 2 unspecified atom stereocenters. The summed E-state index contributed by atoms with van der Waals surface area (Å²) in [6.45, 7) is 0.565. The van der Waals surface area contributed by atoms with E-state index < -0.39 is 4.92 Å². The molecule has 1 aliphatic rings. The highest BCUT2D eigenvalue weighted by atomic mass is 79.9. The number of nitro benzene ring substituents is 1. The van der Waals surface area contributed by atoms with E-state index in [0.29, 0.717) is 17.3 Å². The van der Waals surface area contributed by atoms with Crippen LogP contribution in [0, 0.1) is 16.0 Å². The summed E-state index contributed by atoms with van der Waals surface area (Å²) in [6, 6.07) is 3.91. The average Bonchev–Trinajstić information content (AvgIpc) is 2.45. The highest BCUT2D eigenvalue weighted by Gasteiger charge is 2.23. The Morgan fingerprint density at radius 1 is 1.38 bits per heavy atom. The van der Waals surface area contributed by atoms with E-state index in [4.69, 9.17) is 11.6 Å². The summed E-state index contributed by atoms with van der Waals surface area (Å²) in [5.41, 5.74) is 0.0415. The van der Waals surface area contributed by atoms with Crippen molar-refractivity contribution < 1.29 is 9.72 Å². The first-order valence-electron chi connectivity index (χ1n) is 6.84. The second kappa shape index (κ2) is 7.22. The minimum atomic E-state index is -0.557. The van der Waals surface area contributed by atoms with Gasteiger partial charge in [0.1, 0.15) is 0 Å². The molecule has 114 valence electrons. The van der Waals surface area contributed by atoms with E-state index in [1.807, 2.05) is 0 Å². The van der Waals surface area contributed by atoms with Gasteiger partial charge in [-0.2, -0.15) is 0 Å². The number of hydrogen-bond acceptors (Lipinski definition) is 3. The minimum Gasteiger partial charge on any atom is -0.352 e. The maximum atomic E-state index is 12.1. The predicted octanol–water partition coefficient (Wildman–Crippen LogP) is 3.93. The smallest absolute Gasteiger partial charge is 0.271 e. The van der Waals surface area contributed by atoms with Crippen LogP contribution in [-0.4, -0.2) is 22.2 Å². The number of carbonyl (C=O) groups excluding carboxylic acids is 1. The summed E-state index contributed by atoms with van der Waals surface area (Å²) in [5.74, 6) is 0.0720. The molecule has 1 amide bonds. The van der Waals surface area contributed by atoms with Gasteiger partial charge < -0.3 is 5.32 Å². The van der Waals surface area contributed by atoms with E-state index in [9.17, 15) is 14.9 Å². The van der Waals surface area contributed by atoms with Gasteiger partial charge in [0.25, 0.3) is 11.6 Å². The van der Waals surface area contributed by atoms with E-state index in [-0.39, 0.29) is 22.2 Å². The van der Waals surface area contributed by atoms with Crippen LogP contribution < -0.4 is 5.32 Å². The van der Waals surface area contributed by atoms with Crippen molar-refractivity contribution in [3.8, 4) is 0 Å². The molecular formula is C14H16BrClN2O3. The maximum Gasteiger partial charge on any atom is 0.271 e. The Kier molecular flexibility index (Phi) is 5.58. The third kappa shape index (κ3) is 4.41. The fraction of sp³-hybridized carbons (Fsp3) is 0.500. The summed E-state index contributed by atoms with van der Waals surface area (Å²) in [7, 11) is 0. The molecule has 1 aliphatic carbocycles. The van der Waals surface area contributed by atoms with Gasteiger partial charge in [-0.25, -0.2) is 0 Å². The molecule has 0 heterocycles. The lowest BCUT2D eigenvalue weighted by Crippen LogP contribution is -2.34. The van der Waals surface area contributed by atoms with Crippen molar-refractivity contribution in [1.29, 1.82) is 0 Å². The summed E-state index contributed by atoms with van der Waals surface area (Å²) in [6.07, 6.45) is 4.57. The molecule has 2 rings (SSSR count). The summed E-state index contributed by atoms with van der Waals surface area (Å²) >= 11 is 9.46. The lowest BCUT2D eigenvalue weighted by Gasteiger charge is -2.27. The monoisotopic (exact) mass is 374 g/mol. The Morgan fingerprint density at radius 2 is 2.10 bits per heavy atom. The maximum absolute atomic E-state index is 12.1. The Bertz CT molecular complexity index is 553. The molecule has 2 atom stereocenters. The summed E-state index contributed by atoms with van der Waals surface area (Å²) < 4.78 is 0. The van der Waals surface area contributed by atoms with Crippen LogP contribution in [0.2, 0.25) is 5.02 Å². The van der Waals surface area contributed by atoms with Crippen LogP contribution in [0.25, 0.3) is 0 Å². The largest absolute Gasteiger partial charge is 0.352 e. The molecule has 0 aromatic heterocycles. The number of amides is 1. The standard InChI is InChI=1S/C14H16BrClN2O3/c15-13-4-2-1-3-9(13)8-17-14(19)10-5-11(16)7-12(6-10)18(20)21/h5-7,9,13H,1-4,8H2,(H,17,19). The zero-order chi connectivity index (χ0) is 15.4. The molecule has 0 bridgehead atoms. The zero-order valence-corrected chi connectivity index (χ0v) is 13.7. The second-order valence-electron chi connectivity index (χ2n) is 5.23. The van der Waals surface area contributed by atoms with Gasteiger partial charge in [0, 0.05) is 34.1 Å². The van der Waals surface area contributed by atoms with E-state index in [1.54, 1.807) is 0 Å². The molecule has 0 saturated heterocycles. The first-order chi connectivity index (χ1) is 9.97. The van der Waals surface area contributed by atoms with Gasteiger partial charge in [-0.1, -0.05) is 40.4 Å². The summed E-state index contributed by atoms with van der Waals surface area (Å²) in [4.78, 5) is 22.8. The molecule has 1 aromatic carbocycles. The van der Waals surface area contributed by atoms with Crippen LogP contribution in [-0.2, 0) is 0 Å². The SMILES string of the molecule is O=C(NCC1CCCCC1Br)c1cc(Cl)cc([N+](=O)[O-])c1. The molecule has 21 heavy (non-hydrogen) atoms. The highest BCUT2D eigenvalue weighted by molar-refractivity contribution is 9.09. The average molecular weight is 376 g/mol. The first-order valence-corrected chi connectivity index (χ1v) is 8.14. The number of carbonyl (C=O) groups is 1. The Morgan fingerprint density at radius 3 is 2.76 bits per heavy atom. The molecule has 7 heteroatoms. The van der Waals surface area contributed by atoms with Crippen LogP contribution in [0.3, 0.4) is 0 Å².